The zero-order valence-electron chi connectivity index (χ0n) is 16.2. The van der Waals surface area contributed by atoms with E-state index in [0.717, 1.165) is 11.8 Å². The Bertz CT molecular complexity index is 1070. The Labute approximate surface area is 193 Å². The second-order valence-electron chi connectivity index (χ2n) is 6.19. The minimum atomic E-state index is -0.509. The minimum absolute atomic E-state index is 0.118. The lowest BCUT2D eigenvalue weighted by atomic mass is 10.1. The zero-order chi connectivity index (χ0) is 22.4. The number of nitro benzene ring substituents is 1. The van der Waals surface area contributed by atoms with Crippen molar-refractivity contribution < 1.29 is 19.2 Å². The third-order valence-electron chi connectivity index (χ3n) is 4.11. The lowest BCUT2D eigenvalue weighted by Crippen LogP contribution is -2.27. The number of hydrogen-bond donors (Lipinski definition) is 0. The molecular formula is C21H17ClN2O5S2. The van der Waals surface area contributed by atoms with E-state index >= 15 is 0 Å². The summed E-state index contributed by atoms with van der Waals surface area (Å²) < 4.78 is 11.8. The maximum absolute atomic E-state index is 12.6. The van der Waals surface area contributed by atoms with Gasteiger partial charge in [-0.25, -0.2) is 0 Å². The lowest BCUT2D eigenvalue weighted by molar-refractivity contribution is -0.384. The number of nitrogens with zero attached hydrogens (tertiary/aromatic N) is 2. The number of hydrogen-bond acceptors (Lipinski definition) is 7. The molecule has 31 heavy (non-hydrogen) atoms. The van der Waals surface area contributed by atoms with Crippen molar-refractivity contribution in [3.05, 3.63) is 80.7 Å². The van der Waals surface area contributed by atoms with Crippen LogP contribution >= 0.6 is 35.6 Å². The van der Waals surface area contributed by atoms with Crippen molar-refractivity contribution in [3.63, 3.8) is 0 Å². The fraction of sp³-hybridized carbons (Fsp3) is 0.143. The van der Waals surface area contributed by atoms with Crippen LogP contribution in [0.3, 0.4) is 0 Å². The maximum Gasteiger partial charge on any atom is 0.270 e. The van der Waals surface area contributed by atoms with E-state index < -0.39 is 4.92 Å². The fourth-order valence-corrected chi connectivity index (χ4v) is 4.14. The van der Waals surface area contributed by atoms with Crippen LogP contribution in [0.2, 0.25) is 5.02 Å². The van der Waals surface area contributed by atoms with E-state index in [2.05, 4.69) is 6.58 Å². The lowest BCUT2D eigenvalue weighted by Gasteiger charge is -2.12. The van der Waals surface area contributed by atoms with Crippen LogP contribution in [0.1, 0.15) is 5.56 Å². The number of carbonyl (C=O) groups excluding carboxylic acids is 1. The smallest absolute Gasteiger partial charge is 0.270 e. The summed E-state index contributed by atoms with van der Waals surface area (Å²) in [5, 5.41) is 11.7. The molecule has 7 nitrogen and oxygen atoms in total. The molecule has 0 aliphatic carbocycles. The van der Waals surface area contributed by atoms with Crippen LogP contribution in [0.5, 0.6) is 11.5 Å². The third-order valence-corrected chi connectivity index (χ3v) is 5.80. The highest BCUT2D eigenvalue weighted by Crippen LogP contribution is 2.35. The summed E-state index contributed by atoms with van der Waals surface area (Å²) in [6, 6.07) is 11.2. The number of rotatable bonds is 9. The molecule has 0 unspecified atom stereocenters. The van der Waals surface area contributed by atoms with Crippen LogP contribution in [-0.4, -0.2) is 39.8 Å². The van der Waals surface area contributed by atoms with Gasteiger partial charge in [0, 0.05) is 24.2 Å². The van der Waals surface area contributed by atoms with Gasteiger partial charge in [0.25, 0.3) is 11.6 Å². The van der Waals surface area contributed by atoms with E-state index in [9.17, 15) is 14.9 Å². The summed E-state index contributed by atoms with van der Waals surface area (Å²) in [4.78, 5) is 25.0. The molecule has 0 atom stereocenters. The molecule has 1 amide bonds. The summed E-state index contributed by atoms with van der Waals surface area (Å²) in [6.07, 6.45) is 3.12. The first-order valence-electron chi connectivity index (χ1n) is 9.05. The number of ether oxygens (including phenoxy) is 2. The predicted octanol–water partition coefficient (Wildman–Crippen LogP) is 5.09. The summed E-state index contributed by atoms with van der Waals surface area (Å²) in [5.74, 6) is 0.624. The monoisotopic (exact) mass is 476 g/mol. The predicted molar refractivity (Wildman–Crippen MR) is 126 cm³/mol. The molecule has 1 saturated heterocycles. The van der Waals surface area contributed by atoms with Crippen molar-refractivity contribution in [1.29, 1.82) is 0 Å². The number of carbonyl (C=O) groups is 1. The molecule has 0 bridgehead atoms. The molecule has 3 rings (SSSR count). The van der Waals surface area contributed by atoms with Crippen molar-refractivity contribution >= 4 is 57.6 Å². The van der Waals surface area contributed by atoms with Gasteiger partial charge in [-0.15, -0.1) is 6.58 Å². The van der Waals surface area contributed by atoms with Crippen molar-refractivity contribution in [3.8, 4) is 11.5 Å². The van der Waals surface area contributed by atoms with Gasteiger partial charge in [-0.3, -0.25) is 19.8 Å². The standard InChI is InChI=1S/C21H17ClN2O5S2/c1-2-9-23-20(25)19(31-21(23)30)13-14-12-15(24(26)27)7-8-17(14)28-10-11-29-18-6-4-3-5-16(18)22/h2-8,12-13H,1,9-11H2. The Kier molecular flexibility index (Phi) is 7.67. The molecule has 0 radical (unpaired) electrons. The molecule has 1 aliphatic heterocycles. The van der Waals surface area contributed by atoms with E-state index in [0.29, 0.717) is 37.9 Å². The SMILES string of the molecule is C=CCN1C(=O)C(=Cc2cc([N+](=O)[O-])ccc2OCCOc2ccccc2Cl)SC1=S. The first kappa shape index (κ1) is 22.8. The van der Waals surface area contributed by atoms with Crippen LogP contribution in [0, 0.1) is 10.1 Å². The van der Waals surface area contributed by atoms with Gasteiger partial charge in [-0.1, -0.05) is 53.8 Å². The Morgan fingerprint density at radius 3 is 2.58 bits per heavy atom. The van der Waals surface area contributed by atoms with Gasteiger partial charge in [-0.05, 0) is 24.3 Å². The second kappa shape index (κ2) is 10.4. The van der Waals surface area contributed by atoms with Crippen LogP contribution in [0.25, 0.3) is 6.08 Å². The van der Waals surface area contributed by atoms with Gasteiger partial charge in [0.05, 0.1) is 14.9 Å². The fourth-order valence-electron chi connectivity index (χ4n) is 2.69. The van der Waals surface area contributed by atoms with E-state index in [4.69, 9.17) is 33.3 Å². The van der Waals surface area contributed by atoms with Gasteiger partial charge in [0.15, 0.2) is 0 Å². The minimum Gasteiger partial charge on any atom is -0.489 e. The largest absolute Gasteiger partial charge is 0.489 e. The van der Waals surface area contributed by atoms with Crippen LogP contribution in [-0.2, 0) is 4.79 Å². The molecule has 160 valence electrons. The van der Waals surface area contributed by atoms with Crippen LogP contribution in [0.4, 0.5) is 5.69 Å². The first-order valence-corrected chi connectivity index (χ1v) is 10.7. The highest BCUT2D eigenvalue weighted by atomic mass is 35.5. The maximum atomic E-state index is 12.6. The van der Waals surface area contributed by atoms with Gasteiger partial charge >= 0.3 is 0 Å². The molecule has 0 aromatic heterocycles. The zero-order valence-corrected chi connectivity index (χ0v) is 18.5. The van der Waals surface area contributed by atoms with E-state index in [1.807, 2.05) is 0 Å². The summed E-state index contributed by atoms with van der Waals surface area (Å²) >= 11 is 12.4. The van der Waals surface area contributed by atoms with Gasteiger partial charge in [0.1, 0.15) is 29.0 Å². The number of amides is 1. The highest BCUT2D eigenvalue weighted by Gasteiger charge is 2.31. The Morgan fingerprint density at radius 2 is 1.90 bits per heavy atom. The molecular weight excluding hydrogens is 460 g/mol. The van der Waals surface area contributed by atoms with Crippen LogP contribution < -0.4 is 9.47 Å². The normalized spacial score (nSPS) is 14.7. The molecule has 1 heterocycles. The molecule has 2 aromatic carbocycles. The number of non-ortho nitro benzene ring substituents is 1. The Balaban J connectivity index is 1.77. The first-order chi connectivity index (χ1) is 14.9. The van der Waals surface area contributed by atoms with Crippen molar-refractivity contribution in [2.75, 3.05) is 19.8 Å². The molecule has 10 heteroatoms. The number of benzene rings is 2. The van der Waals surface area contributed by atoms with Crippen molar-refractivity contribution in [2.45, 2.75) is 0 Å². The number of thiocarbonyl (C=S) groups is 1. The topological polar surface area (TPSA) is 81.9 Å². The average Bonchev–Trinajstić information content (AvgIpc) is 3.00. The van der Waals surface area contributed by atoms with Gasteiger partial charge in [0.2, 0.25) is 0 Å². The second-order valence-corrected chi connectivity index (χ2v) is 8.27. The van der Waals surface area contributed by atoms with E-state index in [-0.39, 0.29) is 24.8 Å². The Morgan fingerprint density at radius 1 is 1.19 bits per heavy atom. The van der Waals surface area contributed by atoms with Crippen molar-refractivity contribution in [1.82, 2.24) is 4.90 Å². The number of para-hydroxylation sites is 1. The highest BCUT2D eigenvalue weighted by molar-refractivity contribution is 8.26. The number of thioether (sulfide) groups is 1. The van der Waals surface area contributed by atoms with E-state index in [1.165, 1.54) is 23.1 Å². The molecule has 0 spiro atoms. The molecule has 1 fully saturated rings. The van der Waals surface area contributed by atoms with E-state index in [1.54, 1.807) is 36.4 Å². The van der Waals surface area contributed by atoms with Gasteiger partial charge in [-0.2, -0.15) is 0 Å². The number of halogens is 1. The summed E-state index contributed by atoms with van der Waals surface area (Å²) in [6.45, 7) is 4.29. The quantitative estimate of drug-likeness (QED) is 0.124. The molecule has 0 saturated carbocycles. The third kappa shape index (κ3) is 5.63. The number of nitro groups is 1. The van der Waals surface area contributed by atoms with Crippen molar-refractivity contribution in [2.24, 2.45) is 0 Å². The molecule has 2 aromatic rings. The summed E-state index contributed by atoms with van der Waals surface area (Å²) in [7, 11) is 0. The summed E-state index contributed by atoms with van der Waals surface area (Å²) in [5.41, 5.74) is 0.276. The average molecular weight is 477 g/mol. The van der Waals surface area contributed by atoms with Gasteiger partial charge < -0.3 is 9.47 Å². The van der Waals surface area contributed by atoms with Crippen LogP contribution in [0.15, 0.2) is 60.0 Å². The molecule has 1 aliphatic rings. The molecule has 0 N–H and O–H groups in total. The Hall–Kier alpha value is -2.88.